The van der Waals surface area contributed by atoms with E-state index in [0.717, 1.165) is 33.4 Å². The fourth-order valence-corrected chi connectivity index (χ4v) is 3.35. The summed E-state index contributed by atoms with van der Waals surface area (Å²) in [4.78, 5) is 32.1. The largest absolute Gasteiger partial charge is 0.464 e. The molecule has 0 bridgehead atoms. The van der Waals surface area contributed by atoms with Gasteiger partial charge in [-0.05, 0) is 42.0 Å². The molecule has 3 heterocycles. The molecule has 0 aliphatic heterocycles. The number of carbonyl (C=O) groups excluding carboxylic acids is 2. The van der Waals surface area contributed by atoms with Crippen molar-refractivity contribution in [3.05, 3.63) is 84.6 Å². The Labute approximate surface area is 179 Å². The second-order valence-electron chi connectivity index (χ2n) is 6.85. The molecule has 0 radical (unpaired) electrons. The Morgan fingerprint density at radius 3 is 2.52 bits per heavy atom. The predicted molar refractivity (Wildman–Crippen MR) is 118 cm³/mol. The monoisotopic (exact) mass is 412 g/mol. The molecule has 0 saturated carbocycles. The van der Waals surface area contributed by atoms with Crippen LogP contribution in [0.2, 0.25) is 0 Å². The van der Waals surface area contributed by atoms with Crippen LogP contribution in [-0.2, 0) is 14.3 Å². The number of pyridine rings is 2. The molecule has 7 nitrogen and oxygen atoms in total. The fourth-order valence-electron chi connectivity index (χ4n) is 3.35. The van der Waals surface area contributed by atoms with E-state index in [4.69, 9.17) is 4.74 Å². The van der Waals surface area contributed by atoms with Crippen LogP contribution in [0, 0.1) is 0 Å². The summed E-state index contributed by atoms with van der Waals surface area (Å²) in [6, 6.07) is 15.4. The third-order valence-electron chi connectivity index (χ3n) is 4.73. The minimum absolute atomic E-state index is 0.0784. The number of rotatable bonds is 5. The number of carbonyl (C=O) groups is 2. The van der Waals surface area contributed by atoms with Gasteiger partial charge in [0.25, 0.3) is 0 Å². The maximum atomic E-state index is 11.9. The van der Waals surface area contributed by atoms with Crippen molar-refractivity contribution in [3.63, 3.8) is 0 Å². The van der Waals surface area contributed by atoms with Gasteiger partial charge in [0, 0.05) is 53.9 Å². The summed E-state index contributed by atoms with van der Waals surface area (Å²) in [6.45, 7) is 1.34. The minimum Gasteiger partial charge on any atom is -0.464 e. The molecule has 31 heavy (non-hydrogen) atoms. The molecule has 1 aromatic carbocycles. The Morgan fingerprint density at radius 1 is 1.06 bits per heavy atom. The average molecular weight is 412 g/mol. The number of hydrogen-bond acceptors (Lipinski definition) is 5. The zero-order valence-corrected chi connectivity index (χ0v) is 17.1. The van der Waals surface area contributed by atoms with E-state index in [9.17, 15) is 9.59 Å². The lowest BCUT2D eigenvalue weighted by Crippen LogP contribution is -2.25. The molecular formula is C24H20N4O3. The van der Waals surface area contributed by atoms with Crippen molar-refractivity contribution in [3.8, 4) is 16.8 Å². The van der Waals surface area contributed by atoms with Crippen LogP contribution in [0.4, 0.5) is 0 Å². The predicted octanol–water partition coefficient (Wildman–Crippen LogP) is 3.74. The van der Waals surface area contributed by atoms with Gasteiger partial charge in [0.1, 0.15) is 11.3 Å². The van der Waals surface area contributed by atoms with Crippen LogP contribution in [0.3, 0.4) is 0 Å². The number of nitrogens with zero attached hydrogens (tertiary/aromatic N) is 3. The summed E-state index contributed by atoms with van der Waals surface area (Å²) < 4.78 is 6.75. The van der Waals surface area contributed by atoms with Gasteiger partial charge >= 0.3 is 5.97 Å². The Hall–Kier alpha value is -4.26. The number of aromatic nitrogens is 3. The number of methoxy groups -OCH3 is 1. The number of ether oxygens (including phenoxy) is 1. The Kier molecular flexibility index (Phi) is 5.57. The summed E-state index contributed by atoms with van der Waals surface area (Å²) in [5.41, 5.74) is 4.62. The van der Waals surface area contributed by atoms with Crippen LogP contribution in [0.15, 0.2) is 79.0 Å². The first-order valence-electron chi connectivity index (χ1n) is 9.61. The lowest BCUT2D eigenvalue weighted by Gasteiger charge is -2.07. The molecule has 0 saturated heterocycles. The highest BCUT2D eigenvalue weighted by Crippen LogP contribution is 2.31. The summed E-state index contributed by atoms with van der Waals surface area (Å²) in [6.07, 6.45) is 8.95. The first kappa shape index (κ1) is 20.0. The van der Waals surface area contributed by atoms with Gasteiger partial charge in [0.15, 0.2) is 0 Å². The maximum Gasteiger partial charge on any atom is 0.354 e. The lowest BCUT2D eigenvalue weighted by molar-refractivity contribution is -0.137. The highest BCUT2D eigenvalue weighted by atomic mass is 16.5. The SMILES string of the molecule is COC(=O)/C(=C\c1ccc(-n2cc(-c3cccnc3)c3cccnc32)cc1)NC(C)=O. The van der Waals surface area contributed by atoms with Gasteiger partial charge in [-0.3, -0.25) is 9.78 Å². The minimum atomic E-state index is -0.610. The molecule has 0 fully saturated rings. The smallest absolute Gasteiger partial charge is 0.354 e. The second-order valence-corrected chi connectivity index (χ2v) is 6.85. The standard InChI is InChI=1S/C24H20N4O3/c1-16(29)27-22(24(30)31-2)13-17-7-9-19(10-8-17)28-15-21(18-5-3-11-25-14-18)20-6-4-12-26-23(20)28/h3-15H,1-2H3,(H,27,29)/b22-13+. The van der Waals surface area contributed by atoms with Gasteiger partial charge < -0.3 is 14.6 Å². The molecule has 0 unspecified atom stereocenters. The average Bonchev–Trinajstić information content (AvgIpc) is 3.19. The van der Waals surface area contributed by atoms with Crippen molar-refractivity contribution in [2.75, 3.05) is 7.11 Å². The van der Waals surface area contributed by atoms with E-state index in [1.807, 2.05) is 65.5 Å². The van der Waals surface area contributed by atoms with Crippen molar-refractivity contribution >= 4 is 29.0 Å². The van der Waals surface area contributed by atoms with E-state index in [0.29, 0.717) is 0 Å². The van der Waals surface area contributed by atoms with Crippen molar-refractivity contribution in [1.82, 2.24) is 19.9 Å². The number of amides is 1. The Bertz CT molecular complexity index is 1280. The van der Waals surface area contributed by atoms with Crippen LogP contribution in [-0.4, -0.2) is 33.5 Å². The highest BCUT2D eigenvalue weighted by Gasteiger charge is 2.13. The quantitative estimate of drug-likeness (QED) is 0.399. The first-order valence-corrected chi connectivity index (χ1v) is 9.61. The van der Waals surface area contributed by atoms with Gasteiger partial charge in [-0.1, -0.05) is 18.2 Å². The van der Waals surface area contributed by atoms with E-state index in [2.05, 4.69) is 15.3 Å². The molecule has 7 heteroatoms. The summed E-state index contributed by atoms with van der Waals surface area (Å²) in [5, 5.41) is 3.52. The summed E-state index contributed by atoms with van der Waals surface area (Å²) in [5.74, 6) is -0.956. The number of fused-ring (bicyclic) bond motifs is 1. The second kappa shape index (κ2) is 8.62. The van der Waals surface area contributed by atoms with Gasteiger partial charge in [0.2, 0.25) is 5.91 Å². The van der Waals surface area contributed by atoms with E-state index in [-0.39, 0.29) is 11.6 Å². The molecule has 1 amide bonds. The van der Waals surface area contributed by atoms with E-state index >= 15 is 0 Å². The third-order valence-corrected chi connectivity index (χ3v) is 4.73. The maximum absolute atomic E-state index is 11.9. The van der Waals surface area contributed by atoms with Crippen LogP contribution in [0.1, 0.15) is 12.5 Å². The molecule has 1 N–H and O–H groups in total. The molecule has 0 atom stereocenters. The molecule has 0 spiro atoms. The zero-order valence-electron chi connectivity index (χ0n) is 17.1. The van der Waals surface area contributed by atoms with E-state index < -0.39 is 5.97 Å². The van der Waals surface area contributed by atoms with Crippen molar-refractivity contribution in [2.24, 2.45) is 0 Å². The number of nitrogens with one attached hydrogen (secondary N) is 1. The number of hydrogen-bond donors (Lipinski definition) is 1. The summed E-state index contributed by atoms with van der Waals surface area (Å²) >= 11 is 0. The van der Waals surface area contributed by atoms with Gasteiger partial charge in [-0.25, -0.2) is 9.78 Å². The van der Waals surface area contributed by atoms with Gasteiger partial charge in [-0.15, -0.1) is 0 Å². The van der Waals surface area contributed by atoms with Crippen LogP contribution >= 0.6 is 0 Å². The lowest BCUT2D eigenvalue weighted by atomic mass is 10.1. The topological polar surface area (TPSA) is 86.1 Å². The van der Waals surface area contributed by atoms with E-state index in [1.54, 1.807) is 18.5 Å². The molecule has 4 aromatic rings. The normalized spacial score (nSPS) is 11.4. The van der Waals surface area contributed by atoms with Crippen molar-refractivity contribution in [1.29, 1.82) is 0 Å². The molecule has 154 valence electrons. The van der Waals surface area contributed by atoms with Gasteiger partial charge in [-0.2, -0.15) is 0 Å². The fraction of sp³-hybridized carbons (Fsp3) is 0.0833. The first-order chi connectivity index (χ1) is 15.1. The van der Waals surface area contributed by atoms with Crippen LogP contribution < -0.4 is 5.32 Å². The molecule has 0 aliphatic rings. The molecule has 3 aromatic heterocycles. The molecular weight excluding hydrogens is 392 g/mol. The molecule has 4 rings (SSSR count). The van der Waals surface area contributed by atoms with Gasteiger partial charge in [0.05, 0.1) is 7.11 Å². The van der Waals surface area contributed by atoms with E-state index in [1.165, 1.54) is 14.0 Å². The Balaban J connectivity index is 1.74. The zero-order chi connectivity index (χ0) is 21.8. The Morgan fingerprint density at radius 2 is 1.84 bits per heavy atom. The third kappa shape index (κ3) is 4.20. The van der Waals surface area contributed by atoms with Crippen LogP contribution in [0.25, 0.3) is 33.9 Å². The van der Waals surface area contributed by atoms with Crippen molar-refractivity contribution < 1.29 is 14.3 Å². The van der Waals surface area contributed by atoms with Crippen LogP contribution in [0.5, 0.6) is 0 Å². The summed E-state index contributed by atoms with van der Waals surface area (Å²) in [7, 11) is 1.27. The molecule has 0 aliphatic carbocycles. The highest BCUT2D eigenvalue weighted by molar-refractivity contribution is 5.97. The van der Waals surface area contributed by atoms with Crippen molar-refractivity contribution in [2.45, 2.75) is 6.92 Å². The number of esters is 1. The number of benzene rings is 1.